The van der Waals surface area contributed by atoms with Crippen molar-refractivity contribution in [1.82, 2.24) is 15.0 Å². The van der Waals surface area contributed by atoms with Crippen LogP contribution in [0.3, 0.4) is 0 Å². The summed E-state index contributed by atoms with van der Waals surface area (Å²) < 4.78 is 24.6. The summed E-state index contributed by atoms with van der Waals surface area (Å²) in [5.74, 6) is 1.17. The number of benzene rings is 2. The van der Waals surface area contributed by atoms with Gasteiger partial charge in [-0.2, -0.15) is 4.98 Å². The van der Waals surface area contributed by atoms with E-state index in [1.165, 1.54) is 34.6 Å². The zero-order chi connectivity index (χ0) is 20.9. The molecule has 0 atom stereocenters. The van der Waals surface area contributed by atoms with Gasteiger partial charge in [0.2, 0.25) is 0 Å². The third-order valence-corrected chi connectivity index (χ3v) is 5.08. The maximum Gasteiger partial charge on any atom is 0.321 e. The summed E-state index contributed by atoms with van der Waals surface area (Å²) in [6.45, 7) is 0.542. The number of hydrogen-bond acceptors (Lipinski definition) is 5. The molecule has 1 aromatic heterocycles. The molecule has 8 heteroatoms. The summed E-state index contributed by atoms with van der Waals surface area (Å²) in [4.78, 5) is 17.9. The van der Waals surface area contributed by atoms with Crippen LogP contribution in [0.2, 0.25) is 0 Å². The second-order valence-electron chi connectivity index (χ2n) is 7.26. The Hall–Kier alpha value is -3.42. The molecule has 1 heterocycles. The molecule has 0 aliphatic heterocycles. The van der Waals surface area contributed by atoms with Crippen molar-refractivity contribution in [2.75, 3.05) is 18.9 Å². The fourth-order valence-electron chi connectivity index (χ4n) is 3.38. The number of amides is 2. The summed E-state index contributed by atoms with van der Waals surface area (Å²) in [6.07, 6.45) is 3.83. The molecule has 0 fully saturated rings. The van der Waals surface area contributed by atoms with Crippen molar-refractivity contribution in [2.24, 2.45) is 0 Å². The highest BCUT2D eigenvalue weighted by atomic mass is 19.1. The number of aryl methyl sites for hydroxylation is 2. The van der Waals surface area contributed by atoms with Gasteiger partial charge in [0, 0.05) is 20.0 Å². The van der Waals surface area contributed by atoms with Gasteiger partial charge >= 0.3 is 6.03 Å². The molecule has 156 valence electrons. The summed E-state index contributed by atoms with van der Waals surface area (Å²) in [6, 6.07) is 11.8. The van der Waals surface area contributed by atoms with E-state index >= 15 is 0 Å². The zero-order valence-corrected chi connectivity index (χ0v) is 16.7. The predicted octanol–water partition coefficient (Wildman–Crippen LogP) is 3.98. The van der Waals surface area contributed by atoms with Gasteiger partial charge in [0.05, 0.1) is 5.69 Å². The Morgan fingerprint density at radius 2 is 2.07 bits per heavy atom. The molecule has 3 aromatic rings. The van der Waals surface area contributed by atoms with E-state index in [0.717, 1.165) is 18.6 Å². The van der Waals surface area contributed by atoms with Crippen molar-refractivity contribution in [3.05, 3.63) is 71.1 Å². The van der Waals surface area contributed by atoms with Crippen molar-refractivity contribution >= 4 is 11.7 Å². The highest BCUT2D eigenvalue weighted by molar-refractivity contribution is 5.89. The van der Waals surface area contributed by atoms with Crippen LogP contribution >= 0.6 is 0 Å². The molecule has 0 unspecified atom stereocenters. The number of carbonyl (C=O) groups is 1. The number of likely N-dealkylation sites (N-methyl/N-ethyl adjacent to an activating group) is 1. The van der Waals surface area contributed by atoms with Crippen LogP contribution in [0.15, 0.2) is 47.0 Å². The number of ether oxygens (including phenoxy) is 1. The SMILES string of the molecule is CN(CCc1noc(COc2ccc3c(c2)CCC3)n1)C(=O)Nc1ccccc1F. The first-order chi connectivity index (χ1) is 14.6. The number of para-hydroxylation sites is 1. The molecular weight excluding hydrogens is 387 g/mol. The van der Waals surface area contributed by atoms with Crippen LogP contribution in [0, 0.1) is 5.82 Å². The molecule has 1 N–H and O–H groups in total. The summed E-state index contributed by atoms with van der Waals surface area (Å²) >= 11 is 0. The molecule has 2 aromatic carbocycles. The number of nitrogens with zero attached hydrogens (tertiary/aromatic N) is 3. The molecule has 7 nitrogen and oxygen atoms in total. The summed E-state index contributed by atoms with van der Waals surface area (Å²) in [5.41, 5.74) is 2.88. The van der Waals surface area contributed by atoms with Gasteiger partial charge < -0.3 is 19.5 Å². The van der Waals surface area contributed by atoms with Crippen LogP contribution < -0.4 is 10.1 Å². The average Bonchev–Trinajstić information content (AvgIpc) is 3.41. The van der Waals surface area contributed by atoms with Crippen LogP contribution in [-0.4, -0.2) is 34.7 Å². The first-order valence-electron chi connectivity index (χ1n) is 9.91. The van der Waals surface area contributed by atoms with E-state index in [2.05, 4.69) is 27.6 Å². The first-order valence-corrected chi connectivity index (χ1v) is 9.91. The van der Waals surface area contributed by atoms with E-state index in [4.69, 9.17) is 9.26 Å². The van der Waals surface area contributed by atoms with Crippen molar-refractivity contribution in [3.63, 3.8) is 0 Å². The number of urea groups is 1. The quantitative estimate of drug-likeness (QED) is 0.637. The topological polar surface area (TPSA) is 80.5 Å². The van der Waals surface area contributed by atoms with E-state index in [-0.39, 0.29) is 12.3 Å². The molecule has 0 spiro atoms. The smallest absolute Gasteiger partial charge is 0.321 e. The van der Waals surface area contributed by atoms with Crippen LogP contribution in [-0.2, 0) is 25.9 Å². The number of aromatic nitrogens is 2. The minimum absolute atomic E-state index is 0.139. The largest absolute Gasteiger partial charge is 0.484 e. The van der Waals surface area contributed by atoms with Crippen LogP contribution in [0.5, 0.6) is 5.75 Å². The lowest BCUT2D eigenvalue weighted by Crippen LogP contribution is -2.33. The van der Waals surface area contributed by atoms with E-state index in [0.29, 0.717) is 24.7 Å². The van der Waals surface area contributed by atoms with Gasteiger partial charge in [-0.15, -0.1) is 0 Å². The lowest BCUT2D eigenvalue weighted by Gasteiger charge is -2.17. The molecule has 30 heavy (non-hydrogen) atoms. The standard InChI is InChI=1S/C22H23FN4O3/c1-27(22(28)24-19-8-3-2-7-18(19)23)12-11-20-25-21(30-26-20)14-29-17-10-9-15-5-4-6-16(15)13-17/h2-3,7-10,13H,4-6,11-12,14H2,1H3,(H,24,28). The Kier molecular flexibility index (Phi) is 5.92. The Morgan fingerprint density at radius 1 is 1.23 bits per heavy atom. The van der Waals surface area contributed by atoms with Crippen molar-refractivity contribution < 1.29 is 18.4 Å². The first kappa shape index (κ1) is 19.9. The second kappa shape index (κ2) is 8.94. The van der Waals surface area contributed by atoms with Gasteiger partial charge in [-0.3, -0.25) is 0 Å². The van der Waals surface area contributed by atoms with Crippen molar-refractivity contribution in [2.45, 2.75) is 32.3 Å². The van der Waals surface area contributed by atoms with Gasteiger partial charge in [0.15, 0.2) is 12.4 Å². The summed E-state index contributed by atoms with van der Waals surface area (Å²) in [7, 11) is 1.62. The van der Waals surface area contributed by atoms with E-state index < -0.39 is 11.8 Å². The monoisotopic (exact) mass is 410 g/mol. The Balaban J connectivity index is 1.25. The highest BCUT2D eigenvalue weighted by Crippen LogP contribution is 2.26. The Bertz CT molecular complexity index is 1040. The van der Waals surface area contributed by atoms with Crippen molar-refractivity contribution in [3.8, 4) is 5.75 Å². The molecular formula is C22H23FN4O3. The van der Waals surface area contributed by atoms with Gasteiger partial charge in [-0.05, 0) is 54.7 Å². The Labute approximate surface area is 173 Å². The molecule has 1 aliphatic carbocycles. The number of anilines is 1. The molecule has 0 saturated heterocycles. The van der Waals surface area contributed by atoms with Crippen molar-refractivity contribution in [1.29, 1.82) is 0 Å². The maximum atomic E-state index is 13.6. The van der Waals surface area contributed by atoms with Gasteiger partial charge in [-0.25, -0.2) is 9.18 Å². The van der Waals surface area contributed by atoms with Crippen LogP contribution in [0.1, 0.15) is 29.3 Å². The summed E-state index contributed by atoms with van der Waals surface area (Å²) in [5, 5.41) is 6.47. The molecule has 0 radical (unpaired) electrons. The van der Waals surface area contributed by atoms with Gasteiger partial charge in [0.1, 0.15) is 11.6 Å². The minimum atomic E-state index is -0.481. The van der Waals surface area contributed by atoms with E-state index in [1.807, 2.05) is 6.07 Å². The fraction of sp³-hybridized carbons (Fsp3) is 0.318. The minimum Gasteiger partial charge on any atom is -0.484 e. The lowest BCUT2D eigenvalue weighted by molar-refractivity contribution is 0.222. The maximum absolute atomic E-state index is 13.6. The molecule has 1 aliphatic rings. The molecule has 0 saturated carbocycles. The van der Waals surface area contributed by atoms with Crippen LogP contribution in [0.4, 0.5) is 14.9 Å². The number of halogens is 1. The number of rotatable bonds is 7. The molecule has 4 rings (SSSR count). The highest BCUT2D eigenvalue weighted by Gasteiger charge is 2.14. The fourth-order valence-corrected chi connectivity index (χ4v) is 3.38. The Morgan fingerprint density at radius 3 is 2.93 bits per heavy atom. The van der Waals surface area contributed by atoms with Gasteiger partial charge in [0.25, 0.3) is 5.89 Å². The zero-order valence-electron chi connectivity index (χ0n) is 16.7. The molecule has 0 bridgehead atoms. The predicted molar refractivity (Wildman–Crippen MR) is 109 cm³/mol. The average molecular weight is 410 g/mol. The third-order valence-electron chi connectivity index (χ3n) is 5.08. The number of hydrogen-bond donors (Lipinski definition) is 1. The number of carbonyl (C=O) groups excluding carboxylic acids is 1. The lowest BCUT2D eigenvalue weighted by atomic mass is 10.1. The normalized spacial score (nSPS) is 12.5. The molecule has 2 amide bonds. The van der Waals surface area contributed by atoms with E-state index in [9.17, 15) is 9.18 Å². The number of nitrogens with one attached hydrogen (secondary N) is 1. The van der Waals surface area contributed by atoms with E-state index in [1.54, 1.807) is 19.2 Å². The second-order valence-corrected chi connectivity index (χ2v) is 7.26. The van der Waals surface area contributed by atoms with Gasteiger partial charge in [-0.1, -0.05) is 23.4 Å². The van der Waals surface area contributed by atoms with Crippen LogP contribution in [0.25, 0.3) is 0 Å². The number of fused-ring (bicyclic) bond motifs is 1. The third kappa shape index (κ3) is 4.76.